The predicted molar refractivity (Wildman–Crippen MR) is 75.7 cm³/mol. The highest BCUT2D eigenvalue weighted by atomic mass is 16.5. The van der Waals surface area contributed by atoms with E-state index in [1.54, 1.807) is 4.90 Å². The van der Waals surface area contributed by atoms with E-state index >= 15 is 0 Å². The lowest BCUT2D eigenvalue weighted by Crippen LogP contribution is -2.43. The first kappa shape index (κ1) is 17.3. The Balaban J connectivity index is 2.39. The maximum absolute atomic E-state index is 12.1. The number of urea groups is 1. The number of carbonyl (C=O) groups excluding carboxylic acids is 2. The third-order valence-electron chi connectivity index (χ3n) is 3.80. The van der Waals surface area contributed by atoms with Crippen molar-refractivity contribution in [3.8, 4) is 0 Å². The number of esters is 1. The summed E-state index contributed by atoms with van der Waals surface area (Å²) in [7, 11) is 1.35. The topological polar surface area (TPSA) is 95.9 Å². The number of carboxylic acids is 1. The van der Waals surface area contributed by atoms with Crippen molar-refractivity contribution >= 4 is 18.0 Å². The molecular weight excluding hydrogens is 276 g/mol. The van der Waals surface area contributed by atoms with Gasteiger partial charge in [-0.1, -0.05) is 6.92 Å². The second-order valence-corrected chi connectivity index (χ2v) is 5.65. The first-order valence-corrected chi connectivity index (χ1v) is 7.20. The van der Waals surface area contributed by atoms with Crippen molar-refractivity contribution in [3.63, 3.8) is 0 Å². The average molecular weight is 300 g/mol. The first-order valence-electron chi connectivity index (χ1n) is 7.20. The molecule has 7 nitrogen and oxygen atoms in total. The van der Waals surface area contributed by atoms with E-state index in [9.17, 15) is 14.4 Å². The number of amides is 2. The molecule has 1 fully saturated rings. The molecule has 0 aliphatic carbocycles. The van der Waals surface area contributed by atoms with E-state index in [1.165, 1.54) is 7.11 Å². The van der Waals surface area contributed by atoms with Crippen molar-refractivity contribution in [1.29, 1.82) is 0 Å². The molecular formula is C14H24N2O5. The molecule has 21 heavy (non-hydrogen) atoms. The van der Waals surface area contributed by atoms with Gasteiger partial charge < -0.3 is 20.1 Å². The number of likely N-dealkylation sites (tertiary alicyclic amines) is 1. The minimum absolute atomic E-state index is 0.0746. The van der Waals surface area contributed by atoms with Crippen LogP contribution >= 0.6 is 0 Å². The monoisotopic (exact) mass is 300 g/mol. The normalized spacial score (nSPS) is 22.7. The fourth-order valence-corrected chi connectivity index (χ4v) is 2.52. The van der Waals surface area contributed by atoms with Crippen molar-refractivity contribution in [2.24, 2.45) is 11.8 Å². The average Bonchev–Trinajstić information content (AvgIpc) is 2.79. The molecule has 120 valence electrons. The van der Waals surface area contributed by atoms with E-state index in [-0.39, 0.29) is 36.3 Å². The number of carbonyl (C=O) groups is 3. The van der Waals surface area contributed by atoms with E-state index < -0.39 is 5.97 Å². The van der Waals surface area contributed by atoms with Gasteiger partial charge in [-0.25, -0.2) is 4.79 Å². The van der Waals surface area contributed by atoms with Gasteiger partial charge in [0.05, 0.1) is 13.0 Å². The summed E-state index contributed by atoms with van der Waals surface area (Å²) < 4.78 is 4.74. The molecule has 0 radical (unpaired) electrons. The summed E-state index contributed by atoms with van der Waals surface area (Å²) in [5.41, 5.74) is 0. The van der Waals surface area contributed by atoms with Crippen LogP contribution in [0.25, 0.3) is 0 Å². The van der Waals surface area contributed by atoms with Crippen LogP contribution in [0.2, 0.25) is 0 Å². The van der Waals surface area contributed by atoms with Gasteiger partial charge in [0.1, 0.15) is 0 Å². The number of carboxylic acid groups (broad SMARTS) is 1. The number of nitrogens with one attached hydrogen (secondary N) is 1. The van der Waals surface area contributed by atoms with Crippen molar-refractivity contribution in [2.45, 2.75) is 39.2 Å². The molecule has 1 aliphatic rings. The number of aliphatic carboxylic acids is 1. The molecule has 1 heterocycles. The van der Waals surface area contributed by atoms with Crippen LogP contribution in [0, 0.1) is 11.8 Å². The Kier molecular flexibility index (Phi) is 6.45. The van der Waals surface area contributed by atoms with Gasteiger partial charge in [0.25, 0.3) is 0 Å². The number of nitrogens with zero attached hydrogens (tertiary/aromatic N) is 1. The number of hydrogen-bond acceptors (Lipinski definition) is 4. The Labute approximate surface area is 124 Å². The molecule has 3 atom stereocenters. The molecule has 1 saturated heterocycles. The summed E-state index contributed by atoms with van der Waals surface area (Å²) in [4.78, 5) is 35.7. The Hall–Kier alpha value is -1.79. The van der Waals surface area contributed by atoms with Crippen molar-refractivity contribution in [3.05, 3.63) is 0 Å². The molecule has 1 aliphatic heterocycles. The Morgan fingerprint density at radius 1 is 1.38 bits per heavy atom. The zero-order valence-electron chi connectivity index (χ0n) is 12.8. The first-order chi connectivity index (χ1) is 9.85. The molecule has 7 heteroatoms. The minimum Gasteiger partial charge on any atom is -0.481 e. The van der Waals surface area contributed by atoms with E-state index in [0.29, 0.717) is 25.9 Å². The molecule has 0 aromatic heterocycles. The molecule has 0 bridgehead atoms. The highest BCUT2D eigenvalue weighted by Gasteiger charge is 2.37. The lowest BCUT2D eigenvalue weighted by Gasteiger charge is -2.20. The zero-order chi connectivity index (χ0) is 16.0. The molecule has 1 rings (SSSR count). The van der Waals surface area contributed by atoms with Gasteiger partial charge in [0.15, 0.2) is 0 Å². The summed E-state index contributed by atoms with van der Waals surface area (Å²) in [6, 6.07) is -0.305. The predicted octanol–water partition coefficient (Wildman–Crippen LogP) is 1.08. The second kappa shape index (κ2) is 7.85. The zero-order valence-corrected chi connectivity index (χ0v) is 12.8. The van der Waals surface area contributed by atoms with Crippen molar-refractivity contribution < 1.29 is 24.2 Å². The summed E-state index contributed by atoms with van der Waals surface area (Å²) in [6.07, 6.45) is 1.24. The SMILES string of the molecule is COC(=O)C1CN(C(=O)NC(C)CCCC(=O)O)CC1C. The lowest BCUT2D eigenvalue weighted by molar-refractivity contribution is -0.146. The molecule has 3 unspecified atom stereocenters. The van der Waals surface area contributed by atoms with Gasteiger partial charge in [-0.3, -0.25) is 9.59 Å². The van der Waals surface area contributed by atoms with Gasteiger partial charge in [0, 0.05) is 25.6 Å². The van der Waals surface area contributed by atoms with Crippen molar-refractivity contribution in [2.75, 3.05) is 20.2 Å². The minimum atomic E-state index is -0.831. The Bertz CT molecular complexity index is 399. The fraction of sp³-hybridized carbons (Fsp3) is 0.786. The molecule has 0 aromatic rings. The summed E-state index contributed by atoms with van der Waals surface area (Å²) in [6.45, 7) is 4.65. The van der Waals surface area contributed by atoms with Gasteiger partial charge in [-0.05, 0) is 25.7 Å². The summed E-state index contributed by atoms with van der Waals surface area (Å²) in [5, 5.41) is 11.4. The van der Waals surface area contributed by atoms with Crippen molar-refractivity contribution in [1.82, 2.24) is 10.2 Å². The smallest absolute Gasteiger partial charge is 0.317 e. The quantitative estimate of drug-likeness (QED) is 0.716. The maximum Gasteiger partial charge on any atom is 0.317 e. The van der Waals surface area contributed by atoms with E-state index in [0.717, 1.165) is 0 Å². The highest BCUT2D eigenvalue weighted by molar-refractivity contribution is 5.78. The maximum atomic E-state index is 12.1. The van der Waals surface area contributed by atoms with Crippen LogP contribution in [0.3, 0.4) is 0 Å². The molecule has 2 N–H and O–H groups in total. The van der Waals surface area contributed by atoms with Crippen LogP contribution in [0.15, 0.2) is 0 Å². The largest absolute Gasteiger partial charge is 0.481 e. The summed E-state index contributed by atoms with van der Waals surface area (Å²) >= 11 is 0. The van der Waals surface area contributed by atoms with Gasteiger partial charge >= 0.3 is 18.0 Å². The Morgan fingerprint density at radius 2 is 2.05 bits per heavy atom. The van der Waals surface area contributed by atoms with Crippen LogP contribution in [-0.2, 0) is 14.3 Å². The fourth-order valence-electron chi connectivity index (χ4n) is 2.52. The van der Waals surface area contributed by atoms with Crippen LogP contribution in [0.4, 0.5) is 4.79 Å². The van der Waals surface area contributed by atoms with Gasteiger partial charge in [-0.15, -0.1) is 0 Å². The third kappa shape index (κ3) is 5.24. The molecule has 0 saturated carbocycles. The molecule has 0 aromatic carbocycles. The third-order valence-corrected chi connectivity index (χ3v) is 3.80. The van der Waals surface area contributed by atoms with E-state index in [1.807, 2.05) is 13.8 Å². The summed E-state index contributed by atoms with van der Waals surface area (Å²) in [5.74, 6) is -1.32. The molecule has 0 spiro atoms. The van der Waals surface area contributed by atoms with Gasteiger partial charge in [0.2, 0.25) is 0 Å². The number of ether oxygens (including phenoxy) is 1. The Morgan fingerprint density at radius 3 is 2.62 bits per heavy atom. The van der Waals surface area contributed by atoms with E-state index in [2.05, 4.69) is 5.32 Å². The molecule has 2 amide bonds. The highest BCUT2D eigenvalue weighted by Crippen LogP contribution is 2.24. The number of methoxy groups -OCH3 is 1. The number of rotatable bonds is 6. The van der Waals surface area contributed by atoms with Gasteiger partial charge in [-0.2, -0.15) is 0 Å². The lowest BCUT2D eigenvalue weighted by atomic mass is 9.99. The van der Waals surface area contributed by atoms with Crippen LogP contribution < -0.4 is 5.32 Å². The van der Waals surface area contributed by atoms with Crippen LogP contribution in [0.5, 0.6) is 0 Å². The van der Waals surface area contributed by atoms with Crippen LogP contribution in [-0.4, -0.2) is 54.2 Å². The standard InChI is InChI=1S/C14H24N2O5/c1-9-7-16(8-11(9)13(19)21-3)14(20)15-10(2)5-4-6-12(17)18/h9-11H,4-8H2,1-3H3,(H,15,20)(H,17,18). The number of hydrogen-bond donors (Lipinski definition) is 2. The second-order valence-electron chi connectivity index (χ2n) is 5.65. The van der Waals surface area contributed by atoms with E-state index in [4.69, 9.17) is 9.84 Å². The van der Waals surface area contributed by atoms with Crippen LogP contribution in [0.1, 0.15) is 33.1 Å².